The molecule has 2 heterocycles. The first-order valence-corrected chi connectivity index (χ1v) is 12.8. The molecule has 2 unspecified atom stereocenters. The molecule has 18 heteroatoms. The molecular weight excluding hydrogens is 605 g/mol. The van der Waals surface area contributed by atoms with E-state index >= 15 is 0 Å². The fraction of sp³-hybridized carbons (Fsp3) is 0.476. The third kappa shape index (κ3) is 7.14. The number of rotatable bonds is 7. The third-order valence-electron chi connectivity index (χ3n) is 5.22. The molecule has 39 heavy (non-hydrogen) atoms. The van der Waals surface area contributed by atoms with Crippen LogP contribution in [0.25, 0.3) is 5.69 Å². The molecule has 1 amide bonds. The van der Waals surface area contributed by atoms with Crippen molar-refractivity contribution in [2.45, 2.75) is 42.1 Å². The van der Waals surface area contributed by atoms with Crippen molar-refractivity contribution in [2.75, 3.05) is 31.8 Å². The second kappa shape index (κ2) is 12.3. The third-order valence-corrected chi connectivity index (χ3v) is 6.96. The zero-order chi connectivity index (χ0) is 29.1. The van der Waals surface area contributed by atoms with Crippen molar-refractivity contribution in [1.29, 1.82) is 5.26 Å². The Balaban J connectivity index is 2.03. The number of nitrogens with zero attached hydrogens (tertiary/aromatic N) is 4. The average Bonchev–Trinajstić information content (AvgIpc) is 3.23. The second-order valence-electron chi connectivity index (χ2n) is 7.87. The van der Waals surface area contributed by atoms with E-state index in [0.717, 1.165) is 19.9 Å². The van der Waals surface area contributed by atoms with E-state index in [0.29, 0.717) is 34.7 Å². The first-order chi connectivity index (χ1) is 18.2. The van der Waals surface area contributed by atoms with Crippen molar-refractivity contribution >= 4 is 45.9 Å². The number of benzene rings is 1. The Bertz CT molecular complexity index is 1270. The maximum absolute atomic E-state index is 13.5. The Kier molecular flexibility index (Phi) is 9.76. The molecule has 0 bridgehead atoms. The number of nitriles is 1. The number of halogens is 8. The number of carbonyl (C=O) groups excluding carboxylic acids is 1. The predicted octanol–water partition coefficient (Wildman–Crippen LogP) is 5.81. The topological polar surface area (TPSA) is 107 Å². The van der Waals surface area contributed by atoms with Crippen molar-refractivity contribution in [3.8, 4) is 11.8 Å². The molecule has 0 saturated carbocycles. The Labute approximate surface area is 229 Å². The van der Waals surface area contributed by atoms with E-state index in [1.165, 1.54) is 6.07 Å². The molecule has 0 spiro atoms. The number of hydrogen-bond acceptors (Lipinski definition) is 7. The van der Waals surface area contributed by atoms with Crippen molar-refractivity contribution in [3.05, 3.63) is 33.4 Å². The second-order valence-corrected chi connectivity index (χ2v) is 10.1. The summed E-state index contributed by atoms with van der Waals surface area (Å²) in [6.45, 7) is -0.0147. The summed E-state index contributed by atoms with van der Waals surface area (Å²) in [5.74, 6) is -0.924. The molecule has 2 atom stereocenters. The molecule has 2 aromatic rings. The van der Waals surface area contributed by atoms with Gasteiger partial charge in [0.2, 0.25) is 0 Å². The number of ether oxygens (including phenoxy) is 3. The highest BCUT2D eigenvalue weighted by atomic mass is 35.5. The summed E-state index contributed by atoms with van der Waals surface area (Å²) < 4.78 is 109. The summed E-state index contributed by atoms with van der Waals surface area (Å²) in [5, 5.41) is 11.6. The van der Waals surface area contributed by atoms with E-state index in [-0.39, 0.29) is 13.2 Å². The zero-order valence-electron chi connectivity index (χ0n) is 19.7. The lowest BCUT2D eigenvalue weighted by Gasteiger charge is -2.23. The monoisotopic (exact) mass is 622 g/mol. The van der Waals surface area contributed by atoms with Crippen LogP contribution in [0, 0.1) is 11.3 Å². The Morgan fingerprint density at radius 2 is 1.87 bits per heavy atom. The molecule has 0 aliphatic carbocycles. The van der Waals surface area contributed by atoms with Gasteiger partial charge in [-0.05, 0) is 31.4 Å². The van der Waals surface area contributed by atoms with Gasteiger partial charge in [-0.15, -0.1) is 0 Å². The minimum absolute atomic E-state index is 0.134. The van der Waals surface area contributed by atoms with Gasteiger partial charge in [-0.2, -0.15) is 36.7 Å². The lowest BCUT2D eigenvalue weighted by Crippen LogP contribution is -2.32. The number of anilines is 1. The van der Waals surface area contributed by atoms with Crippen LogP contribution in [-0.4, -0.2) is 58.7 Å². The lowest BCUT2D eigenvalue weighted by molar-refractivity contribution is -0.166. The Morgan fingerprint density at radius 1 is 1.23 bits per heavy atom. The highest BCUT2D eigenvalue weighted by Crippen LogP contribution is 2.42. The normalized spacial score (nSPS) is 17.0. The summed E-state index contributed by atoms with van der Waals surface area (Å²) in [6.07, 6.45) is -4.34. The van der Waals surface area contributed by atoms with Crippen LogP contribution >= 0.6 is 23.2 Å². The molecule has 1 aliphatic rings. The number of alkyl halides is 6. The summed E-state index contributed by atoms with van der Waals surface area (Å²) in [7, 11) is -3.01. The molecule has 3 rings (SSSR count). The van der Waals surface area contributed by atoms with E-state index in [1.54, 1.807) is 0 Å². The van der Waals surface area contributed by atoms with Gasteiger partial charge < -0.3 is 14.2 Å². The van der Waals surface area contributed by atoms with E-state index in [2.05, 4.69) is 5.10 Å². The fourth-order valence-corrected chi connectivity index (χ4v) is 5.00. The molecule has 1 saturated heterocycles. The molecule has 214 valence electrons. The fourth-order valence-electron chi connectivity index (χ4n) is 3.47. The molecule has 1 aliphatic heterocycles. The van der Waals surface area contributed by atoms with Crippen LogP contribution in [0.5, 0.6) is 0 Å². The van der Waals surface area contributed by atoms with Crippen LogP contribution in [0.2, 0.25) is 10.0 Å². The lowest BCUT2D eigenvalue weighted by atomic mass is 10.2. The molecule has 1 aromatic heterocycles. The zero-order valence-corrected chi connectivity index (χ0v) is 22.1. The quantitative estimate of drug-likeness (QED) is 0.283. The van der Waals surface area contributed by atoms with E-state index in [1.807, 2.05) is 0 Å². The smallest absolute Gasteiger partial charge is 0.447 e. The number of aromatic nitrogens is 2. The minimum atomic E-state index is -5.42. The van der Waals surface area contributed by atoms with E-state index in [9.17, 15) is 40.6 Å². The summed E-state index contributed by atoms with van der Waals surface area (Å²) in [6, 6.07) is 2.17. The molecule has 0 N–H and O–H groups in total. The van der Waals surface area contributed by atoms with E-state index < -0.39 is 72.6 Å². The summed E-state index contributed by atoms with van der Waals surface area (Å²) >= 11 is 12.0. The van der Waals surface area contributed by atoms with Crippen LogP contribution in [0.15, 0.2) is 17.0 Å². The Hall–Kier alpha value is -2.58. The van der Waals surface area contributed by atoms with Crippen molar-refractivity contribution < 1.29 is 49.6 Å². The Morgan fingerprint density at radius 3 is 2.38 bits per heavy atom. The van der Waals surface area contributed by atoms with Crippen LogP contribution in [-0.2, 0) is 31.2 Å². The van der Waals surface area contributed by atoms with Gasteiger partial charge in [0.05, 0.1) is 22.2 Å². The van der Waals surface area contributed by atoms with Crippen molar-refractivity contribution in [1.82, 2.24) is 9.78 Å². The summed E-state index contributed by atoms with van der Waals surface area (Å²) in [5.41, 5.74) is -8.37. The first kappa shape index (κ1) is 31.0. The van der Waals surface area contributed by atoms with Gasteiger partial charge in [-0.3, -0.25) is 4.90 Å². The minimum Gasteiger partial charge on any atom is -0.447 e. The molecule has 1 aromatic carbocycles. The van der Waals surface area contributed by atoms with Gasteiger partial charge in [0.15, 0.2) is 28.6 Å². The van der Waals surface area contributed by atoms with Crippen LogP contribution in [0.4, 0.5) is 37.0 Å². The predicted molar refractivity (Wildman–Crippen MR) is 125 cm³/mol. The van der Waals surface area contributed by atoms with Gasteiger partial charge in [0, 0.05) is 13.7 Å². The number of hydrogen-bond donors (Lipinski definition) is 0. The van der Waals surface area contributed by atoms with Gasteiger partial charge >= 0.3 is 17.8 Å². The highest BCUT2D eigenvalue weighted by Gasteiger charge is 2.44. The maximum atomic E-state index is 13.5. The molecule has 9 nitrogen and oxygen atoms in total. The van der Waals surface area contributed by atoms with Gasteiger partial charge in [-0.25, -0.2) is 13.7 Å². The van der Waals surface area contributed by atoms with Crippen molar-refractivity contribution in [3.63, 3.8) is 0 Å². The van der Waals surface area contributed by atoms with Crippen LogP contribution in [0.1, 0.15) is 30.5 Å². The first-order valence-electron chi connectivity index (χ1n) is 10.9. The molecule has 1 fully saturated rings. The standard InChI is InChI=1S/C21H18Cl2F6N4O5S/c1-32(19(34)38-7-6-37-15-4-2-3-5-36-15)18-17(39(35)21(27,28)29)14(10-30)31-33(18)16-12(22)8-11(9-13(16)23)20(24,25)26/h8-9,15H,2-7H2,1H3. The van der Waals surface area contributed by atoms with Crippen LogP contribution in [0.3, 0.4) is 0 Å². The van der Waals surface area contributed by atoms with Crippen molar-refractivity contribution in [2.24, 2.45) is 0 Å². The largest absolute Gasteiger partial charge is 0.476 e. The summed E-state index contributed by atoms with van der Waals surface area (Å²) in [4.78, 5) is 11.9. The van der Waals surface area contributed by atoms with Crippen LogP contribution < -0.4 is 4.90 Å². The SMILES string of the molecule is CN(C(=O)OCCOC1CCCCO1)c1c(S(=O)C(F)(F)F)c(C#N)nn1-c1c(Cl)cc(C(F)(F)F)cc1Cl. The average molecular weight is 623 g/mol. The molecular formula is C21H18Cl2F6N4O5S. The number of amides is 1. The molecule has 0 radical (unpaired) electrons. The van der Waals surface area contributed by atoms with Gasteiger partial charge in [0.25, 0.3) is 0 Å². The van der Waals surface area contributed by atoms with Gasteiger partial charge in [0.1, 0.15) is 23.3 Å². The number of carbonyl (C=O) groups is 1. The maximum Gasteiger partial charge on any atom is 0.476 e. The van der Waals surface area contributed by atoms with E-state index in [4.69, 9.17) is 37.4 Å². The highest BCUT2D eigenvalue weighted by molar-refractivity contribution is 7.86. The van der Waals surface area contributed by atoms with Gasteiger partial charge in [-0.1, -0.05) is 23.2 Å².